The predicted octanol–water partition coefficient (Wildman–Crippen LogP) is 1.11. The number of aromatic nitrogens is 1. The van der Waals surface area contributed by atoms with Crippen LogP contribution in [0.1, 0.15) is 16.1 Å². The van der Waals surface area contributed by atoms with Gasteiger partial charge in [-0.15, -0.1) is 12.4 Å². The third-order valence-electron chi connectivity index (χ3n) is 1.57. The highest BCUT2D eigenvalue weighted by molar-refractivity contribution is 5.90. The van der Waals surface area contributed by atoms with Crippen LogP contribution in [0.4, 0.5) is 5.69 Å². The summed E-state index contributed by atoms with van der Waals surface area (Å²) in [4.78, 5) is 13.7. The lowest BCUT2D eigenvalue weighted by Gasteiger charge is -1.96. The van der Waals surface area contributed by atoms with Crippen molar-refractivity contribution in [2.75, 3.05) is 12.8 Å². The SMILES string of the molecule is COC(=O)c1[nH]cc(N)c1C.Cl. The summed E-state index contributed by atoms with van der Waals surface area (Å²) >= 11 is 0. The van der Waals surface area contributed by atoms with E-state index < -0.39 is 0 Å². The third-order valence-corrected chi connectivity index (χ3v) is 1.57. The molecular formula is C7H11ClN2O2. The molecule has 0 saturated heterocycles. The summed E-state index contributed by atoms with van der Waals surface area (Å²) in [6.45, 7) is 1.76. The van der Waals surface area contributed by atoms with Crippen LogP contribution in [0.5, 0.6) is 0 Å². The van der Waals surface area contributed by atoms with Crippen LogP contribution in [0.2, 0.25) is 0 Å². The Labute approximate surface area is 76.5 Å². The van der Waals surface area contributed by atoms with Gasteiger partial charge in [-0.3, -0.25) is 0 Å². The molecule has 5 heteroatoms. The molecular weight excluding hydrogens is 180 g/mol. The van der Waals surface area contributed by atoms with E-state index >= 15 is 0 Å². The van der Waals surface area contributed by atoms with Gasteiger partial charge in [-0.1, -0.05) is 0 Å². The number of H-pyrrole nitrogens is 1. The van der Waals surface area contributed by atoms with Gasteiger partial charge >= 0.3 is 5.97 Å². The molecule has 0 spiro atoms. The lowest BCUT2D eigenvalue weighted by atomic mass is 10.2. The quantitative estimate of drug-likeness (QED) is 0.652. The van der Waals surface area contributed by atoms with Crippen LogP contribution in [0, 0.1) is 6.92 Å². The van der Waals surface area contributed by atoms with Crippen molar-refractivity contribution in [3.63, 3.8) is 0 Å². The van der Waals surface area contributed by atoms with E-state index in [1.807, 2.05) is 0 Å². The second-order valence-corrected chi connectivity index (χ2v) is 2.24. The van der Waals surface area contributed by atoms with Crippen LogP contribution in [-0.2, 0) is 4.74 Å². The normalized spacial score (nSPS) is 8.83. The van der Waals surface area contributed by atoms with Crippen molar-refractivity contribution in [1.29, 1.82) is 0 Å². The first-order chi connectivity index (χ1) is 5.16. The number of rotatable bonds is 1. The van der Waals surface area contributed by atoms with Gasteiger partial charge in [0.15, 0.2) is 0 Å². The molecule has 0 saturated carbocycles. The number of esters is 1. The molecule has 12 heavy (non-hydrogen) atoms. The number of halogens is 1. The zero-order valence-corrected chi connectivity index (χ0v) is 7.70. The minimum atomic E-state index is -0.390. The summed E-state index contributed by atoms with van der Waals surface area (Å²) in [5.41, 5.74) is 7.22. The molecule has 0 amide bonds. The Kier molecular flexibility index (Phi) is 3.63. The minimum Gasteiger partial charge on any atom is -0.464 e. The molecule has 68 valence electrons. The molecule has 0 atom stereocenters. The maximum absolute atomic E-state index is 10.9. The van der Waals surface area contributed by atoms with Gasteiger partial charge in [0.25, 0.3) is 0 Å². The maximum atomic E-state index is 10.9. The molecule has 1 heterocycles. The lowest BCUT2D eigenvalue weighted by Crippen LogP contribution is -2.03. The van der Waals surface area contributed by atoms with Crippen molar-refractivity contribution >= 4 is 24.1 Å². The molecule has 0 aliphatic rings. The molecule has 0 unspecified atom stereocenters. The lowest BCUT2D eigenvalue weighted by molar-refractivity contribution is 0.0594. The summed E-state index contributed by atoms with van der Waals surface area (Å²) in [6.07, 6.45) is 1.57. The summed E-state index contributed by atoms with van der Waals surface area (Å²) in [5.74, 6) is -0.390. The van der Waals surface area contributed by atoms with E-state index in [1.54, 1.807) is 13.1 Å². The topological polar surface area (TPSA) is 68.1 Å². The Morgan fingerprint density at radius 3 is 2.58 bits per heavy atom. The first-order valence-corrected chi connectivity index (χ1v) is 3.18. The van der Waals surface area contributed by atoms with Gasteiger partial charge in [-0.2, -0.15) is 0 Å². The molecule has 4 nitrogen and oxygen atoms in total. The number of carbonyl (C=O) groups is 1. The highest BCUT2D eigenvalue weighted by atomic mass is 35.5. The van der Waals surface area contributed by atoms with Gasteiger partial charge in [0.2, 0.25) is 0 Å². The number of nitrogen functional groups attached to an aromatic ring is 1. The molecule has 0 aromatic carbocycles. The van der Waals surface area contributed by atoms with Crippen molar-refractivity contribution in [2.24, 2.45) is 0 Å². The number of nitrogens with two attached hydrogens (primary N) is 1. The van der Waals surface area contributed by atoms with Crippen molar-refractivity contribution < 1.29 is 9.53 Å². The Morgan fingerprint density at radius 2 is 2.25 bits per heavy atom. The average Bonchev–Trinajstić information content (AvgIpc) is 2.32. The number of hydrogen-bond donors (Lipinski definition) is 2. The molecule has 1 aromatic rings. The molecule has 1 rings (SSSR count). The van der Waals surface area contributed by atoms with Gasteiger partial charge in [-0.25, -0.2) is 4.79 Å². The summed E-state index contributed by atoms with van der Waals surface area (Å²) in [7, 11) is 1.33. The van der Waals surface area contributed by atoms with E-state index in [-0.39, 0.29) is 18.4 Å². The Morgan fingerprint density at radius 1 is 1.67 bits per heavy atom. The number of hydrogen-bond acceptors (Lipinski definition) is 3. The number of ether oxygens (including phenoxy) is 1. The van der Waals surface area contributed by atoms with Gasteiger partial charge in [0.1, 0.15) is 5.69 Å². The van der Waals surface area contributed by atoms with Gasteiger partial charge < -0.3 is 15.5 Å². The molecule has 0 fully saturated rings. The number of methoxy groups -OCH3 is 1. The van der Waals surface area contributed by atoms with E-state index in [9.17, 15) is 4.79 Å². The van der Waals surface area contributed by atoms with Gasteiger partial charge in [-0.05, 0) is 6.92 Å². The van der Waals surface area contributed by atoms with Crippen LogP contribution in [-0.4, -0.2) is 18.1 Å². The zero-order valence-electron chi connectivity index (χ0n) is 6.88. The predicted molar refractivity (Wildman–Crippen MR) is 48.5 cm³/mol. The fraction of sp³-hybridized carbons (Fsp3) is 0.286. The fourth-order valence-corrected chi connectivity index (χ4v) is 0.825. The standard InChI is InChI=1S/C7H10N2O2.ClH/c1-4-5(8)3-9-6(4)7(10)11-2;/h3,9H,8H2,1-2H3;1H. The van der Waals surface area contributed by atoms with Crippen LogP contribution in [0.15, 0.2) is 6.20 Å². The van der Waals surface area contributed by atoms with Crippen LogP contribution in [0.3, 0.4) is 0 Å². The second-order valence-electron chi connectivity index (χ2n) is 2.24. The molecule has 0 radical (unpaired) electrons. The molecule has 0 bridgehead atoms. The van der Waals surface area contributed by atoms with Crippen molar-refractivity contribution in [2.45, 2.75) is 6.92 Å². The summed E-state index contributed by atoms with van der Waals surface area (Å²) < 4.78 is 4.50. The van der Waals surface area contributed by atoms with E-state index in [2.05, 4.69) is 9.72 Å². The van der Waals surface area contributed by atoms with Gasteiger partial charge in [0, 0.05) is 11.8 Å². The monoisotopic (exact) mass is 190 g/mol. The number of nitrogens with one attached hydrogen (secondary N) is 1. The van der Waals surface area contributed by atoms with Crippen molar-refractivity contribution in [1.82, 2.24) is 4.98 Å². The van der Waals surface area contributed by atoms with Gasteiger partial charge in [0.05, 0.1) is 12.8 Å². The first-order valence-electron chi connectivity index (χ1n) is 3.18. The van der Waals surface area contributed by atoms with Crippen LogP contribution >= 0.6 is 12.4 Å². The van der Waals surface area contributed by atoms with Crippen molar-refractivity contribution in [3.05, 3.63) is 17.5 Å². The second kappa shape index (κ2) is 4.01. The summed E-state index contributed by atoms with van der Waals surface area (Å²) in [6, 6.07) is 0. The van der Waals surface area contributed by atoms with Crippen LogP contribution in [0.25, 0.3) is 0 Å². The Hall–Kier alpha value is -1.16. The Bertz CT molecular complexity index is 283. The smallest absolute Gasteiger partial charge is 0.354 e. The first kappa shape index (κ1) is 10.8. The fourth-order valence-electron chi connectivity index (χ4n) is 0.825. The van der Waals surface area contributed by atoms with E-state index in [0.717, 1.165) is 5.56 Å². The highest BCUT2D eigenvalue weighted by Gasteiger charge is 2.11. The van der Waals surface area contributed by atoms with Crippen molar-refractivity contribution in [3.8, 4) is 0 Å². The zero-order chi connectivity index (χ0) is 8.43. The molecule has 1 aromatic heterocycles. The van der Waals surface area contributed by atoms with E-state index in [1.165, 1.54) is 7.11 Å². The Balaban J connectivity index is 0.00000121. The minimum absolute atomic E-state index is 0. The third kappa shape index (κ3) is 1.71. The molecule has 0 aliphatic heterocycles. The molecule has 0 aliphatic carbocycles. The number of carbonyl (C=O) groups excluding carboxylic acids is 1. The van der Waals surface area contributed by atoms with E-state index in [4.69, 9.17) is 5.73 Å². The number of aromatic amines is 1. The maximum Gasteiger partial charge on any atom is 0.354 e. The largest absolute Gasteiger partial charge is 0.464 e. The average molecular weight is 191 g/mol. The summed E-state index contributed by atoms with van der Waals surface area (Å²) in [5, 5.41) is 0. The highest BCUT2D eigenvalue weighted by Crippen LogP contribution is 2.14. The molecule has 3 N–H and O–H groups in total. The van der Waals surface area contributed by atoms with E-state index in [0.29, 0.717) is 11.4 Å². The van der Waals surface area contributed by atoms with Crippen LogP contribution < -0.4 is 5.73 Å². The number of anilines is 1.